The smallest absolute Gasteiger partial charge is 0.416 e. The number of methoxy groups -OCH3 is 2. The van der Waals surface area contributed by atoms with Gasteiger partial charge in [0.1, 0.15) is 16.4 Å². The normalized spacial score (nSPS) is 11.8. The molecule has 0 aliphatic heterocycles. The van der Waals surface area contributed by atoms with Crippen LogP contribution < -0.4 is 19.1 Å². The highest BCUT2D eigenvalue weighted by molar-refractivity contribution is 7.87. The van der Waals surface area contributed by atoms with Crippen LogP contribution in [0.15, 0.2) is 76.7 Å². The second kappa shape index (κ2) is 11.1. The van der Waals surface area contributed by atoms with Crippen molar-refractivity contribution in [1.82, 2.24) is 5.43 Å². The molecule has 190 valence electrons. The van der Waals surface area contributed by atoms with Gasteiger partial charge < -0.3 is 13.7 Å². The molecule has 3 aromatic rings. The van der Waals surface area contributed by atoms with Gasteiger partial charge in [-0.2, -0.15) is 26.7 Å². The molecule has 12 heteroatoms. The zero-order valence-corrected chi connectivity index (χ0v) is 19.9. The Labute approximate surface area is 205 Å². The summed E-state index contributed by atoms with van der Waals surface area (Å²) in [4.78, 5) is 11.8. The first-order valence-corrected chi connectivity index (χ1v) is 11.7. The number of rotatable bonds is 9. The maximum Gasteiger partial charge on any atom is 0.416 e. The number of amides is 1. The Kier molecular flexibility index (Phi) is 8.20. The van der Waals surface area contributed by atoms with Crippen molar-refractivity contribution in [2.45, 2.75) is 17.5 Å². The molecule has 0 aliphatic carbocycles. The minimum absolute atomic E-state index is 0.0364. The van der Waals surface area contributed by atoms with Crippen molar-refractivity contribution in [3.05, 3.63) is 83.4 Å². The summed E-state index contributed by atoms with van der Waals surface area (Å²) >= 11 is 0. The molecule has 3 rings (SSSR count). The van der Waals surface area contributed by atoms with Crippen LogP contribution in [0.3, 0.4) is 0 Å². The molecule has 1 amide bonds. The lowest BCUT2D eigenvalue weighted by molar-refractivity contribution is -0.137. The summed E-state index contributed by atoms with van der Waals surface area (Å²) < 4.78 is 78.8. The first kappa shape index (κ1) is 26.5. The number of alkyl halides is 3. The van der Waals surface area contributed by atoms with E-state index >= 15 is 0 Å². The Bertz CT molecular complexity index is 1330. The van der Waals surface area contributed by atoms with Crippen molar-refractivity contribution >= 4 is 22.2 Å². The van der Waals surface area contributed by atoms with Gasteiger partial charge in [0.05, 0.1) is 32.4 Å². The minimum atomic E-state index is -4.60. The lowest BCUT2D eigenvalue weighted by Crippen LogP contribution is -2.20. The topological polar surface area (TPSA) is 103 Å². The van der Waals surface area contributed by atoms with E-state index in [0.717, 1.165) is 12.1 Å². The molecule has 0 unspecified atom stereocenters. The van der Waals surface area contributed by atoms with Crippen molar-refractivity contribution in [3.63, 3.8) is 0 Å². The van der Waals surface area contributed by atoms with Gasteiger partial charge in [0.25, 0.3) is 0 Å². The van der Waals surface area contributed by atoms with Gasteiger partial charge in [0.15, 0.2) is 5.75 Å². The number of benzene rings is 3. The van der Waals surface area contributed by atoms with Crippen molar-refractivity contribution in [2.75, 3.05) is 14.2 Å². The third-order valence-electron chi connectivity index (χ3n) is 4.76. The quantitative estimate of drug-likeness (QED) is 0.257. The first-order chi connectivity index (χ1) is 17.0. The Hall–Kier alpha value is -4.06. The van der Waals surface area contributed by atoms with Gasteiger partial charge in [0.2, 0.25) is 5.91 Å². The van der Waals surface area contributed by atoms with Crippen LogP contribution in [0.4, 0.5) is 13.2 Å². The third-order valence-corrected chi connectivity index (χ3v) is 6.01. The minimum Gasteiger partial charge on any atom is -0.497 e. The number of nitrogens with zero attached hydrogens (tertiary/aromatic N) is 1. The monoisotopic (exact) mass is 522 g/mol. The molecule has 3 aromatic carbocycles. The predicted octanol–water partition coefficient (Wildman–Crippen LogP) is 4.18. The number of para-hydroxylation sites is 1. The van der Waals surface area contributed by atoms with E-state index in [1.54, 1.807) is 24.3 Å². The molecule has 36 heavy (non-hydrogen) atoms. The van der Waals surface area contributed by atoms with Gasteiger partial charge in [-0.05, 0) is 54.1 Å². The van der Waals surface area contributed by atoms with E-state index in [2.05, 4.69) is 10.5 Å². The lowest BCUT2D eigenvalue weighted by Gasteiger charge is -2.11. The Morgan fingerprint density at radius 1 is 0.972 bits per heavy atom. The van der Waals surface area contributed by atoms with Crippen LogP contribution in [0.5, 0.6) is 17.2 Å². The third kappa shape index (κ3) is 6.98. The zero-order chi connectivity index (χ0) is 26.3. The number of nitrogens with one attached hydrogen (secondary N) is 1. The highest BCUT2D eigenvalue weighted by atomic mass is 32.2. The van der Waals surface area contributed by atoms with E-state index in [9.17, 15) is 26.4 Å². The second-order valence-corrected chi connectivity index (χ2v) is 8.83. The molecule has 0 heterocycles. The van der Waals surface area contributed by atoms with E-state index in [-0.39, 0.29) is 17.7 Å². The Morgan fingerprint density at radius 2 is 1.58 bits per heavy atom. The summed E-state index contributed by atoms with van der Waals surface area (Å²) in [6, 6.07) is 13.8. The van der Waals surface area contributed by atoms with E-state index in [1.807, 2.05) is 0 Å². The molecule has 0 aromatic heterocycles. The molecule has 0 bridgehead atoms. The zero-order valence-electron chi connectivity index (χ0n) is 19.1. The number of hydrogen-bond acceptors (Lipinski definition) is 7. The van der Waals surface area contributed by atoms with Gasteiger partial charge in [-0.3, -0.25) is 4.79 Å². The van der Waals surface area contributed by atoms with Gasteiger partial charge in [-0.15, -0.1) is 0 Å². The molecule has 0 saturated carbocycles. The molecular weight excluding hydrogens is 501 g/mol. The highest BCUT2D eigenvalue weighted by Crippen LogP contribution is 2.30. The molecule has 0 spiro atoms. The van der Waals surface area contributed by atoms with Crippen LogP contribution in [0.25, 0.3) is 0 Å². The lowest BCUT2D eigenvalue weighted by atomic mass is 10.1. The summed E-state index contributed by atoms with van der Waals surface area (Å²) in [6.07, 6.45) is -3.46. The fourth-order valence-electron chi connectivity index (χ4n) is 3.01. The van der Waals surface area contributed by atoms with Gasteiger partial charge in [-0.1, -0.05) is 12.1 Å². The fourth-order valence-corrected chi connectivity index (χ4v) is 3.96. The van der Waals surface area contributed by atoms with Crippen LogP contribution in [0, 0.1) is 0 Å². The molecule has 0 atom stereocenters. The summed E-state index contributed by atoms with van der Waals surface area (Å²) in [7, 11) is -1.46. The number of carbonyl (C=O) groups is 1. The molecule has 8 nitrogen and oxygen atoms in total. The van der Waals surface area contributed by atoms with Crippen molar-refractivity contribution in [1.29, 1.82) is 0 Å². The standard InChI is InChI=1S/C24H21F3N2O6S/c1-33-19-11-16(12-20(14-19)34-2)13-23(30)29-28-15-17-5-3-4-6-22(17)35-36(31,32)21-9-7-18(8-10-21)24(25,26)27/h3-12,14-15H,13H2,1-2H3,(H,29,30)/b28-15+. The van der Waals surface area contributed by atoms with Crippen molar-refractivity contribution in [2.24, 2.45) is 5.10 Å². The first-order valence-electron chi connectivity index (χ1n) is 10.3. The summed E-state index contributed by atoms with van der Waals surface area (Å²) in [5.74, 6) is 0.437. The second-order valence-electron chi connectivity index (χ2n) is 7.29. The molecule has 0 radical (unpaired) electrons. The summed E-state index contributed by atoms with van der Waals surface area (Å²) in [5.41, 5.74) is 2.17. The van der Waals surface area contributed by atoms with Gasteiger partial charge in [0, 0.05) is 11.6 Å². The van der Waals surface area contributed by atoms with E-state index in [0.29, 0.717) is 29.2 Å². The maximum atomic E-state index is 12.7. The Morgan fingerprint density at radius 3 is 2.17 bits per heavy atom. The average Bonchev–Trinajstić information content (AvgIpc) is 2.84. The van der Waals surface area contributed by atoms with E-state index in [4.69, 9.17) is 13.7 Å². The summed E-state index contributed by atoms with van der Waals surface area (Å²) in [5, 5.41) is 3.84. The predicted molar refractivity (Wildman–Crippen MR) is 125 cm³/mol. The SMILES string of the molecule is COc1cc(CC(=O)N/N=C/c2ccccc2OS(=O)(=O)c2ccc(C(F)(F)F)cc2)cc(OC)c1. The van der Waals surface area contributed by atoms with Crippen LogP contribution in [-0.2, 0) is 27.5 Å². The van der Waals surface area contributed by atoms with Gasteiger partial charge >= 0.3 is 16.3 Å². The van der Waals surface area contributed by atoms with Gasteiger partial charge in [-0.25, -0.2) is 5.43 Å². The largest absolute Gasteiger partial charge is 0.497 e. The van der Waals surface area contributed by atoms with Crippen molar-refractivity contribution in [3.8, 4) is 17.2 Å². The number of hydrazone groups is 1. The van der Waals surface area contributed by atoms with E-state index < -0.39 is 32.7 Å². The number of ether oxygens (including phenoxy) is 2. The van der Waals surface area contributed by atoms with Crippen LogP contribution in [-0.4, -0.2) is 34.8 Å². The molecule has 1 N–H and O–H groups in total. The van der Waals surface area contributed by atoms with Crippen molar-refractivity contribution < 1.29 is 40.0 Å². The molecule has 0 fully saturated rings. The highest BCUT2D eigenvalue weighted by Gasteiger charge is 2.31. The van der Waals surface area contributed by atoms with Crippen LogP contribution in [0.1, 0.15) is 16.7 Å². The Balaban J connectivity index is 1.70. The molecular formula is C24H21F3N2O6S. The van der Waals surface area contributed by atoms with Crippen LogP contribution in [0.2, 0.25) is 0 Å². The number of hydrogen-bond donors (Lipinski definition) is 1. The average molecular weight is 523 g/mol. The number of halogens is 3. The molecule has 0 aliphatic rings. The maximum absolute atomic E-state index is 12.7. The summed E-state index contributed by atoms with van der Waals surface area (Å²) in [6.45, 7) is 0. The van der Waals surface area contributed by atoms with Crippen LogP contribution >= 0.6 is 0 Å². The fraction of sp³-hybridized carbons (Fsp3) is 0.167. The van der Waals surface area contributed by atoms with E-state index in [1.165, 1.54) is 38.6 Å². The number of carbonyl (C=O) groups excluding carboxylic acids is 1. The molecule has 0 saturated heterocycles.